The van der Waals surface area contributed by atoms with Gasteiger partial charge >= 0.3 is 14.0 Å². The van der Waals surface area contributed by atoms with Gasteiger partial charge in [-0.05, 0) is 57.8 Å². The Morgan fingerprint density at radius 2 is 1.07 bits per heavy atom. The van der Waals surface area contributed by atoms with Crippen LogP contribution in [0.3, 0.4) is 0 Å². The van der Waals surface area contributed by atoms with Crippen LogP contribution in [0.15, 0.2) is 50.1 Å². The average molecular weight is 1410 g/mol. The fourth-order valence-electron chi connectivity index (χ4n) is 12.1. The maximum Gasteiger partial charge on any atom is 0.509 e. The van der Waals surface area contributed by atoms with E-state index in [0.29, 0.717) is 25.7 Å². The molecule has 0 aromatic rings. The van der Waals surface area contributed by atoms with Crippen molar-refractivity contribution in [2.75, 3.05) is 74.2 Å². The molecule has 1 fully saturated rings. The van der Waals surface area contributed by atoms with E-state index in [0.717, 1.165) is 148 Å². The normalized spacial score (nSPS) is 18.0. The summed E-state index contributed by atoms with van der Waals surface area (Å²) in [6, 6.07) is -2.44. The number of methoxy groups -OCH3 is 3. The van der Waals surface area contributed by atoms with Crippen LogP contribution in [-0.2, 0) is 75.2 Å². The van der Waals surface area contributed by atoms with Crippen molar-refractivity contribution in [2.24, 2.45) is 0 Å². The number of Topliss-reactive ketones (excluding diaryl/α,β-unsaturated/α-hetero) is 1. The highest BCUT2D eigenvalue weighted by molar-refractivity contribution is 7.48. The first-order valence-corrected chi connectivity index (χ1v) is 39.9. The summed E-state index contributed by atoms with van der Waals surface area (Å²) in [5, 5.41) is 17.3. The molecule has 98 heavy (non-hydrogen) atoms. The molecule has 0 bridgehead atoms. The summed E-state index contributed by atoms with van der Waals surface area (Å²) in [6.07, 6.45) is 37.0. The number of phosphoric acid groups is 1. The number of hydrogen-bond donors (Lipinski definition) is 3. The number of carbonyl (C=O) groups excluding carboxylic acids is 4. The summed E-state index contributed by atoms with van der Waals surface area (Å²) in [5.74, 6) is -1.21. The third-order valence-corrected chi connectivity index (χ3v) is 19.2. The lowest BCUT2D eigenvalue weighted by atomic mass is 9.95. The standard InChI is InChI=1S/C77H141N2O18P/c1-11-18-22-26-29-32-33-34-35-36-37-39-41-45-49-53-69(82)79-71-75(90-59-54-65(87-9)52-48-43-25-21-14-4)74(97-98(85,93-56-16-6)94-57-17-7)68(62-86-8)95-76(71)92-63-67(88-10)73(96-77(84)91-55-15-5)72(89-58-50-46-42-31-28-24-20-13-3)66(61-80)78-70(83)60-64(81)51-47-44-40-38-30-27-23-19-12-2/h15-17,32-33,65-68,71-76,80H,5-7,11-14,18-31,34-63H2,1-4,8-10H3,(H,78,83)(H,79,82)/b33-32-/t65?,66-,67?,68?,71+,72?,73+,74+,75?,76?/m0/s1. The SMILES string of the molecule is C=CCOC(=O)O[C@H](C(COC1OC(COC)[C@@H](OP(=O)(OCC=C)OCC=C)C(OCCC(CCCCCCC)OC)[C@H]1NC(=O)CCCCCCCCC/C=C\CCCCCC)OC)C(OCCCCCCCCCC)[C@H](CO)NC(=O)CC(=O)CCCCCCCCCCC. The Morgan fingerprint density at radius 3 is 1.59 bits per heavy atom. The molecule has 1 heterocycles. The molecule has 572 valence electrons. The second-order valence-corrected chi connectivity index (χ2v) is 27.9. The van der Waals surface area contributed by atoms with Crippen LogP contribution in [0.1, 0.15) is 285 Å². The van der Waals surface area contributed by atoms with Crippen LogP contribution in [0.2, 0.25) is 0 Å². The lowest BCUT2D eigenvalue weighted by molar-refractivity contribution is -0.284. The van der Waals surface area contributed by atoms with E-state index in [1.807, 2.05) is 0 Å². The van der Waals surface area contributed by atoms with Crippen molar-refractivity contribution in [3.63, 3.8) is 0 Å². The van der Waals surface area contributed by atoms with Crippen LogP contribution in [0.4, 0.5) is 4.79 Å². The Labute approximate surface area is 594 Å². The van der Waals surface area contributed by atoms with Gasteiger partial charge in [0.1, 0.15) is 49.0 Å². The first-order chi connectivity index (χ1) is 47.8. The molecule has 1 aliphatic heterocycles. The van der Waals surface area contributed by atoms with Gasteiger partial charge in [0.15, 0.2) is 12.4 Å². The summed E-state index contributed by atoms with van der Waals surface area (Å²) in [7, 11) is 0.0321. The maximum atomic E-state index is 14.7. The number of ketones is 1. The fraction of sp³-hybridized carbons (Fsp3) is 0.844. The largest absolute Gasteiger partial charge is 0.509 e. The van der Waals surface area contributed by atoms with Gasteiger partial charge in [0.2, 0.25) is 11.8 Å². The molecule has 1 saturated heterocycles. The van der Waals surface area contributed by atoms with E-state index in [1.54, 1.807) is 7.11 Å². The lowest BCUT2D eigenvalue weighted by Crippen LogP contribution is -2.66. The van der Waals surface area contributed by atoms with Gasteiger partial charge in [-0.1, -0.05) is 244 Å². The van der Waals surface area contributed by atoms with Crippen LogP contribution >= 0.6 is 7.82 Å². The van der Waals surface area contributed by atoms with Gasteiger partial charge in [0, 0.05) is 47.4 Å². The first-order valence-electron chi connectivity index (χ1n) is 38.4. The Kier molecular flexibility index (Phi) is 60.9. The Hall–Kier alpha value is -3.37. The van der Waals surface area contributed by atoms with Gasteiger partial charge in [-0.2, -0.15) is 0 Å². The number of rotatable bonds is 71. The van der Waals surface area contributed by atoms with Crippen molar-refractivity contribution in [3.05, 3.63) is 50.1 Å². The van der Waals surface area contributed by atoms with Gasteiger partial charge in [-0.3, -0.25) is 28.0 Å². The van der Waals surface area contributed by atoms with E-state index in [-0.39, 0.29) is 70.3 Å². The van der Waals surface area contributed by atoms with Crippen molar-refractivity contribution in [2.45, 2.75) is 346 Å². The predicted molar refractivity (Wildman–Crippen MR) is 391 cm³/mol. The minimum Gasteiger partial charge on any atom is -0.430 e. The molecule has 10 atom stereocenters. The Morgan fingerprint density at radius 1 is 0.561 bits per heavy atom. The third-order valence-electron chi connectivity index (χ3n) is 17.8. The number of nitrogens with one attached hydrogen (secondary N) is 2. The molecule has 0 radical (unpaired) electrons. The smallest absolute Gasteiger partial charge is 0.430 e. The van der Waals surface area contributed by atoms with Gasteiger partial charge in [-0.15, -0.1) is 13.2 Å². The summed E-state index contributed by atoms with van der Waals surface area (Å²) in [4.78, 5) is 55.6. The van der Waals surface area contributed by atoms with Crippen molar-refractivity contribution in [1.29, 1.82) is 0 Å². The molecule has 0 aliphatic carbocycles. The van der Waals surface area contributed by atoms with E-state index in [4.69, 9.17) is 56.2 Å². The highest BCUT2D eigenvalue weighted by Gasteiger charge is 2.52. The van der Waals surface area contributed by atoms with Gasteiger partial charge in [0.05, 0.1) is 51.6 Å². The summed E-state index contributed by atoms with van der Waals surface area (Å²) >= 11 is 0. The third kappa shape index (κ3) is 46.3. The Bertz CT molecular complexity index is 2040. The molecule has 1 rings (SSSR count). The molecule has 1 aliphatic rings. The monoisotopic (exact) mass is 1410 g/mol. The van der Waals surface area contributed by atoms with Crippen molar-refractivity contribution >= 4 is 31.6 Å². The summed E-state index contributed by atoms with van der Waals surface area (Å²) in [6.45, 7) is 18.3. The van der Waals surface area contributed by atoms with Crippen molar-refractivity contribution < 1.29 is 85.1 Å². The van der Waals surface area contributed by atoms with Crippen molar-refractivity contribution in [3.8, 4) is 0 Å². The number of amides is 2. The van der Waals surface area contributed by atoms with E-state index in [1.165, 1.54) is 96.7 Å². The molecule has 21 heteroatoms. The molecule has 0 aromatic carbocycles. The van der Waals surface area contributed by atoms with Gasteiger partial charge < -0.3 is 58.4 Å². The molecule has 20 nitrogen and oxygen atoms in total. The summed E-state index contributed by atoms with van der Waals surface area (Å²) < 4.78 is 89.3. The quantitative estimate of drug-likeness (QED) is 0.0169. The molecule has 3 N–H and O–H groups in total. The number of carbonyl (C=O) groups is 4. The highest BCUT2D eigenvalue weighted by Crippen LogP contribution is 2.52. The van der Waals surface area contributed by atoms with Crippen molar-refractivity contribution in [1.82, 2.24) is 10.6 Å². The molecular weight excluding hydrogens is 1270 g/mol. The van der Waals surface area contributed by atoms with Crippen LogP contribution in [0.25, 0.3) is 0 Å². The van der Waals surface area contributed by atoms with Crippen LogP contribution in [0, 0.1) is 0 Å². The van der Waals surface area contributed by atoms with Gasteiger partial charge in [-0.25, -0.2) is 9.36 Å². The topological polar surface area (TPSA) is 240 Å². The number of ether oxygens (including phenoxy) is 9. The minimum absolute atomic E-state index is 0.0951. The predicted octanol–water partition coefficient (Wildman–Crippen LogP) is 17.6. The molecule has 0 aromatic heterocycles. The lowest BCUT2D eigenvalue weighted by Gasteiger charge is -2.46. The number of aliphatic hydroxyl groups is 1. The second-order valence-electron chi connectivity index (χ2n) is 26.3. The van der Waals surface area contributed by atoms with E-state index in [9.17, 15) is 28.8 Å². The summed E-state index contributed by atoms with van der Waals surface area (Å²) in [5.41, 5.74) is 0. The first kappa shape index (κ1) is 92.6. The number of allylic oxidation sites excluding steroid dienone is 2. The van der Waals surface area contributed by atoms with E-state index < -0.39 is 94.5 Å². The second kappa shape index (κ2) is 64.5. The minimum atomic E-state index is -4.48. The van der Waals surface area contributed by atoms with Crippen LogP contribution in [0.5, 0.6) is 0 Å². The zero-order chi connectivity index (χ0) is 72.0. The molecule has 2 amide bonds. The Balaban J connectivity index is 3.92. The number of hydrogen-bond acceptors (Lipinski definition) is 18. The highest BCUT2D eigenvalue weighted by atomic mass is 31.2. The van der Waals surface area contributed by atoms with Gasteiger partial charge in [0.25, 0.3) is 0 Å². The molecule has 0 saturated carbocycles. The number of unbranched alkanes of at least 4 members (excludes halogenated alkanes) is 30. The van der Waals surface area contributed by atoms with Crippen LogP contribution < -0.4 is 10.6 Å². The molecule has 0 spiro atoms. The zero-order valence-corrected chi connectivity index (χ0v) is 63.5. The zero-order valence-electron chi connectivity index (χ0n) is 62.6. The fourth-order valence-corrected chi connectivity index (χ4v) is 13.4. The number of phosphoric ester groups is 1. The maximum absolute atomic E-state index is 14.7. The average Bonchev–Trinajstić information content (AvgIpc) is 0.779. The molecule has 6 unspecified atom stereocenters. The van der Waals surface area contributed by atoms with E-state index >= 15 is 0 Å². The van der Waals surface area contributed by atoms with Crippen LogP contribution in [-0.4, -0.2) is 164 Å². The van der Waals surface area contributed by atoms with E-state index in [2.05, 4.69) is 70.2 Å². The number of aliphatic hydroxyl groups excluding tert-OH is 1. The molecular formula is C77H141N2O18P.